The first-order valence-corrected chi connectivity index (χ1v) is 5.80. The molecule has 0 aliphatic carbocycles. The van der Waals surface area contributed by atoms with Crippen molar-refractivity contribution in [2.45, 2.75) is 11.8 Å². The Morgan fingerprint density at radius 2 is 2.15 bits per heavy atom. The second-order valence-electron chi connectivity index (χ2n) is 2.45. The van der Waals surface area contributed by atoms with Gasteiger partial charge in [-0.05, 0) is 36.0 Å². The fourth-order valence-corrected chi connectivity index (χ4v) is 1.95. The van der Waals surface area contributed by atoms with Gasteiger partial charge in [-0.3, -0.25) is 4.98 Å². The Hall–Kier alpha value is -0.460. The molecule has 0 bridgehead atoms. The summed E-state index contributed by atoms with van der Waals surface area (Å²) in [5.74, 6) is 0. The van der Waals surface area contributed by atoms with Crippen molar-refractivity contribution in [1.82, 2.24) is 9.71 Å². The van der Waals surface area contributed by atoms with Crippen molar-refractivity contribution in [1.29, 1.82) is 0 Å². The van der Waals surface area contributed by atoms with Crippen molar-refractivity contribution in [3.05, 3.63) is 22.4 Å². The molecule has 0 fully saturated rings. The lowest BCUT2D eigenvalue weighted by Crippen LogP contribution is -2.18. The summed E-state index contributed by atoms with van der Waals surface area (Å²) in [6, 6.07) is 1.52. The van der Waals surface area contributed by atoms with E-state index in [4.69, 9.17) is 0 Å². The molecule has 1 aromatic rings. The lowest BCUT2D eigenvalue weighted by molar-refractivity contribution is 0.587. The smallest absolute Gasteiger partial charge is 0.241 e. The molecule has 1 aromatic heterocycles. The summed E-state index contributed by atoms with van der Waals surface area (Å²) in [6.07, 6.45) is 1.33. The van der Waals surface area contributed by atoms with E-state index in [0.29, 0.717) is 4.47 Å². The van der Waals surface area contributed by atoms with Gasteiger partial charge >= 0.3 is 0 Å². The van der Waals surface area contributed by atoms with Gasteiger partial charge in [0.05, 0.1) is 5.69 Å². The maximum Gasteiger partial charge on any atom is 0.241 e. The minimum atomic E-state index is -3.38. The van der Waals surface area contributed by atoms with E-state index in [-0.39, 0.29) is 4.90 Å². The Morgan fingerprint density at radius 1 is 1.54 bits per heavy atom. The van der Waals surface area contributed by atoms with Crippen LogP contribution in [0, 0.1) is 6.92 Å². The Labute approximate surface area is 85.6 Å². The van der Waals surface area contributed by atoms with Gasteiger partial charge < -0.3 is 0 Å². The average Bonchev–Trinajstić information content (AvgIpc) is 2.09. The Balaban J connectivity index is 3.27. The van der Waals surface area contributed by atoms with E-state index in [0.717, 1.165) is 5.69 Å². The lowest BCUT2D eigenvalue weighted by Gasteiger charge is -2.03. The number of aryl methyl sites for hydroxylation is 1. The van der Waals surface area contributed by atoms with Gasteiger partial charge in [-0.2, -0.15) is 0 Å². The highest BCUT2D eigenvalue weighted by Crippen LogP contribution is 2.17. The van der Waals surface area contributed by atoms with Gasteiger partial charge in [-0.15, -0.1) is 0 Å². The SMILES string of the molecule is CNS(=O)(=O)c1cnc(C)c(Br)c1. The summed E-state index contributed by atoms with van der Waals surface area (Å²) in [5, 5.41) is 0. The van der Waals surface area contributed by atoms with Crippen LogP contribution in [-0.4, -0.2) is 20.4 Å². The van der Waals surface area contributed by atoms with Crippen LogP contribution in [0.2, 0.25) is 0 Å². The van der Waals surface area contributed by atoms with Crippen molar-refractivity contribution in [2.75, 3.05) is 7.05 Å². The van der Waals surface area contributed by atoms with E-state index < -0.39 is 10.0 Å². The number of aromatic nitrogens is 1. The molecule has 0 unspecified atom stereocenters. The zero-order chi connectivity index (χ0) is 10.1. The maximum absolute atomic E-state index is 11.3. The van der Waals surface area contributed by atoms with Gasteiger partial charge in [0.1, 0.15) is 4.90 Å². The molecule has 1 heterocycles. The van der Waals surface area contributed by atoms with Crippen molar-refractivity contribution < 1.29 is 8.42 Å². The van der Waals surface area contributed by atoms with E-state index in [2.05, 4.69) is 25.6 Å². The standard InChI is InChI=1S/C7H9BrN2O2S/c1-5-7(8)3-6(4-10-5)13(11,12)9-2/h3-4,9H,1-2H3. The maximum atomic E-state index is 11.3. The molecule has 0 amide bonds. The molecule has 0 aliphatic heterocycles. The highest BCUT2D eigenvalue weighted by Gasteiger charge is 2.12. The van der Waals surface area contributed by atoms with Gasteiger partial charge in [0.25, 0.3) is 0 Å². The number of hydrogen-bond acceptors (Lipinski definition) is 3. The molecule has 6 heteroatoms. The molecule has 1 N–H and O–H groups in total. The third-order valence-corrected chi connectivity index (χ3v) is 3.76. The molecular formula is C7H9BrN2O2S. The number of halogens is 1. The van der Waals surface area contributed by atoms with Crippen molar-refractivity contribution >= 4 is 26.0 Å². The molecule has 4 nitrogen and oxygen atoms in total. The van der Waals surface area contributed by atoms with Gasteiger partial charge in [0.2, 0.25) is 10.0 Å². The van der Waals surface area contributed by atoms with Crippen LogP contribution < -0.4 is 4.72 Å². The lowest BCUT2D eigenvalue weighted by atomic mass is 10.4. The predicted molar refractivity (Wildman–Crippen MR) is 52.9 cm³/mol. The Kier molecular flexibility index (Phi) is 3.05. The monoisotopic (exact) mass is 264 g/mol. The molecule has 0 spiro atoms. The second-order valence-corrected chi connectivity index (χ2v) is 5.19. The normalized spacial score (nSPS) is 11.6. The molecule has 13 heavy (non-hydrogen) atoms. The van der Waals surface area contributed by atoms with Crippen LogP contribution in [0.15, 0.2) is 21.6 Å². The molecule has 0 aromatic carbocycles. The van der Waals surface area contributed by atoms with Crippen LogP contribution in [0.5, 0.6) is 0 Å². The van der Waals surface area contributed by atoms with Crippen molar-refractivity contribution in [2.24, 2.45) is 0 Å². The fourth-order valence-electron chi connectivity index (χ4n) is 0.754. The number of nitrogens with one attached hydrogen (secondary N) is 1. The van der Waals surface area contributed by atoms with E-state index in [1.54, 1.807) is 6.92 Å². The van der Waals surface area contributed by atoms with Crippen molar-refractivity contribution in [3.8, 4) is 0 Å². The zero-order valence-electron chi connectivity index (χ0n) is 7.20. The van der Waals surface area contributed by atoms with Crippen LogP contribution in [0.4, 0.5) is 0 Å². The van der Waals surface area contributed by atoms with Crippen LogP contribution >= 0.6 is 15.9 Å². The number of hydrogen-bond donors (Lipinski definition) is 1. The average molecular weight is 265 g/mol. The molecule has 0 atom stereocenters. The van der Waals surface area contributed by atoms with Crippen LogP contribution in [-0.2, 0) is 10.0 Å². The third kappa shape index (κ3) is 2.26. The number of nitrogens with zero attached hydrogens (tertiary/aromatic N) is 1. The number of pyridine rings is 1. The van der Waals surface area contributed by atoms with E-state index in [9.17, 15) is 8.42 Å². The van der Waals surface area contributed by atoms with Gasteiger partial charge in [-0.25, -0.2) is 13.1 Å². The van der Waals surface area contributed by atoms with Gasteiger partial charge in [0.15, 0.2) is 0 Å². The summed E-state index contributed by atoms with van der Waals surface area (Å²) in [4.78, 5) is 4.09. The second kappa shape index (κ2) is 3.73. The van der Waals surface area contributed by atoms with Crippen LogP contribution in [0.3, 0.4) is 0 Å². The van der Waals surface area contributed by atoms with E-state index in [1.807, 2.05) is 0 Å². The van der Waals surface area contributed by atoms with Gasteiger partial charge in [-0.1, -0.05) is 0 Å². The quantitative estimate of drug-likeness (QED) is 0.869. The Morgan fingerprint density at radius 3 is 2.62 bits per heavy atom. The molecule has 0 radical (unpaired) electrons. The van der Waals surface area contributed by atoms with Crippen LogP contribution in [0.25, 0.3) is 0 Å². The zero-order valence-corrected chi connectivity index (χ0v) is 9.61. The van der Waals surface area contributed by atoms with E-state index in [1.165, 1.54) is 19.3 Å². The topological polar surface area (TPSA) is 59.1 Å². The first-order chi connectivity index (χ1) is 5.97. The third-order valence-electron chi connectivity index (χ3n) is 1.58. The summed E-state index contributed by atoms with van der Waals surface area (Å²) < 4.78 is 25.5. The summed E-state index contributed by atoms with van der Waals surface area (Å²) in [5.41, 5.74) is 0.759. The van der Waals surface area contributed by atoms with Crippen molar-refractivity contribution in [3.63, 3.8) is 0 Å². The minimum absolute atomic E-state index is 0.160. The number of sulfonamides is 1. The Bertz CT molecular complexity index is 417. The molecule has 0 saturated heterocycles. The highest BCUT2D eigenvalue weighted by atomic mass is 79.9. The highest BCUT2D eigenvalue weighted by molar-refractivity contribution is 9.10. The fraction of sp³-hybridized carbons (Fsp3) is 0.286. The molecule has 0 saturated carbocycles. The first kappa shape index (κ1) is 10.6. The summed E-state index contributed by atoms with van der Waals surface area (Å²) in [6.45, 7) is 1.79. The molecule has 1 rings (SSSR count). The van der Waals surface area contributed by atoms with Gasteiger partial charge in [0, 0.05) is 10.7 Å². The molecule has 0 aliphatic rings. The van der Waals surface area contributed by atoms with Crippen LogP contribution in [0.1, 0.15) is 5.69 Å². The molecular weight excluding hydrogens is 256 g/mol. The first-order valence-electron chi connectivity index (χ1n) is 3.53. The summed E-state index contributed by atoms with van der Waals surface area (Å²) >= 11 is 3.21. The number of rotatable bonds is 2. The minimum Gasteiger partial charge on any atom is -0.259 e. The van der Waals surface area contributed by atoms with E-state index >= 15 is 0 Å². The summed E-state index contributed by atoms with van der Waals surface area (Å²) in [7, 11) is -2.02. The largest absolute Gasteiger partial charge is 0.259 e. The molecule has 72 valence electrons. The predicted octanol–water partition coefficient (Wildman–Crippen LogP) is 1.06.